The first kappa shape index (κ1) is 16.9. The van der Waals surface area contributed by atoms with E-state index in [0.29, 0.717) is 13.0 Å². The van der Waals surface area contributed by atoms with Crippen LogP contribution in [0, 0.1) is 0 Å². The topological polar surface area (TPSA) is 41.1 Å². The lowest BCUT2D eigenvalue weighted by molar-refractivity contribution is -0.121. The number of carbonyl (C=O) groups excluding carboxylic acids is 1. The van der Waals surface area contributed by atoms with Gasteiger partial charge in [0.2, 0.25) is 5.91 Å². The second kappa shape index (κ2) is 8.95. The van der Waals surface area contributed by atoms with Crippen LogP contribution in [0.3, 0.4) is 0 Å². The molecule has 0 radical (unpaired) electrons. The highest BCUT2D eigenvalue weighted by atomic mass is 35.5. The van der Waals surface area contributed by atoms with E-state index in [1.54, 1.807) is 0 Å². The van der Waals surface area contributed by atoms with Gasteiger partial charge in [-0.3, -0.25) is 4.79 Å². The summed E-state index contributed by atoms with van der Waals surface area (Å²) in [6, 6.07) is 8.48. The molecule has 2 N–H and O–H groups in total. The van der Waals surface area contributed by atoms with Gasteiger partial charge >= 0.3 is 0 Å². The minimum absolute atomic E-state index is 0. The fraction of sp³-hybridized carbons (Fsp3) is 0.500. The van der Waals surface area contributed by atoms with Crippen molar-refractivity contribution in [1.82, 2.24) is 10.6 Å². The van der Waals surface area contributed by atoms with Gasteiger partial charge in [-0.15, -0.1) is 12.4 Å². The molecule has 1 unspecified atom stereocenters. The van der Waals surface area contributed by atoms with Gasteiger partial charge in [0.1, 0.15) is 0 Å². The van der Waals surface area contributed by atoms with Crippen LogP contribution in [0.1, 0.15) is 37.4 Å². The lowest BCUT2D eigenvalue weighted by atomic mass is 10.0. The van der Waals surface area contributed by atoms with Crippen molar-refractivity contribution >= 4 is 18.3 Å². The predicted molar refractivity (Wildman–Crippen MR) is 78.2 cm³/mol. The molecule has 0 aliphatic carbocycles. The van der Waals surface area contributed by atoms with Crippen molar-refractivity contribution in [1.29, 1.82) is 0 Å². The van der Waals surface area contributed by atoms with Gasteiger partial charge in [-0.25, -0.2) is 0 Å². The molecule has 0 aliphatic heterocycles. The van der Waals surface area contributed by atoms with Crippen LogP contribution in [0.15, 0.2) is 24.3 Å². The van der Waals surface area contributed by atoms with E-state index in [4.69, 9.17) is 0 Å². The number of benzene rings is 1. The zero-order valence-corrected chi connectivity index (χ0v) is 12.1. The Kier molecular flexibility index (Phi) is 8.42. The number of halogens is 1. The molecule has 0 aliphatic rings. The van der Waals surface area contributed by atoms with E-state index in [2.05, 4.69) is 41.8 Å². The highest BCUT2D eigenvalue weighted by Crippen LogP contribution is 2.13. The monoisotopic (exact) mass is 270 g/mol. The van der Waals surface area contributed by atoms with E-state index in [-0.39, 0.29) is 24.4 Å². The maximum absolute atomic E-state index is 11.6. The third-order valence-electron chi connectivity index (χ3n) is 2.87. The molecule has 1 aromatic carbocycles. The van der Waals surface area contributed by atoms with Crippen LogP contribution in [0.5, 0.6) is 0 Å². The van der Waals surface area contributed by atoms with Crippen molar-refractivity contribution in [2.75, 3.05) is 13.6 Å². The summed E-state index contributed by atoms with van der Waals surface area (Å²) >= 11 is 0. The van der Waals surface area contributed by atoms with Gasteiger partial charge < -0.3 is 10.6 Å². The predicted octanol–water partition coefficient (Wildman–Crippen LogP) is 2.46. The number of rotatable bonds is 6. The van der Waals surface area contributed by atoms with Gasteiger partial charge in [-0.05, 0) is 31.5 Å². The molecule has 1 aromatic rings. The van der Waals surface area contributed by atoms with Crippen LogP contribution in [0.4, 0.5) is 0 Å². The van der Waals surface area contributed by atoms with Crippen LogP contribution in [0.25, 0.3) is 0 Å². The molecule has 1 atom stereocenters. The minimum atomic E-state index is 0. The minimum Gasteiger partial charge on any atom is -0.350 e. The first-order valence-corrected chi connectivity index (χ1v) is 6.20. The summed E-state index contributed by atoms with van der Waals surface area (Å²) in [6.45, 7) is 4.86. The molecule has 0 bridgehead atoms. The fourth-order valence-corrected chi connectivity index (χ4v) is 1.68. The van der Waals surface area contributed by atoms with Crippen LogP contribution in [0.2, 0.25) is 0 Å². The van der Waals surface area contributed by atoms with Gasteiger partial charge in [-0.1, -0.05) is 31.2 Å². The van der Waals surface area contributed by atoms with Gasteiger partial charge in [0.15, 0.2) is 0 Å². The Bertz CT molecular complexity index is 351. The van der Waals surface area contributed by atoms with E-state index in [1.807, 2.05) is 14.0 Å². The smallest absolute Gasteiger partial charge is 0.221 e. The Labute approximate surface area is 116 Å². The van der Waals surface area contributed by atoms with Gasteiger partial charge in [-0.2, -0.15) is 0 Å². The van der Waals surface area contributed by atoms with E-state index >= 15 is 0 Å². The Morgan fingerprint density at radius 3 is 2.39 bits per heavy atom. The molecule has 0 fully saturated rings. The maximum Gasteiger partial charge on any atom is 0.221 e. The van der Waals surface area contributed by atoms with Crippen LogP contribution in [-0.4, -0.2) is 19.5 Å². The highest BCUT2D eigenvalue weighted by Gasteiger charge is 2.08. The van der Waals surface area contributed by atoms with Crippen molar-refractivity contribution in [3.8, 4) is 0 Å². The van der Waals surface area contributed by atoms with Gasteiger partial charge in [0.05, 0.1) is 6.04 Å². The Morgan fingerprint density at radius 1 is 1.28 bits per heavy atom. The maximum atomic E-state index is 11.6. The molecule has 1 rings (SSSR count). The molecule has 102 valence electrons. The molecule has 0 saturated heterocycles. The van der Waals surface area contributed by atoms with E-state index in [0.717, 1.165) is 12.0 Å². The standard InChI is InChI=1S/C14H22N2O.ClH/c1-4-12-5-7-13(8-6-12)11(2)16-14(17)9-10-15-3;/h5-8,11,15H,4,9-10H2,1-3H3,(H,16,17);1H. The number of carbonyl (C=O) groups is 1. The number of amides is 1. The summed E-state index contributed by atoms with van der Waals surface area (Å²) in [4.78, 5) is 11.6. The Hall–Kier alpha value is -1.06. The number of hydrogen-bond donors (Lipinski definition) is 2. The average molecular weight is 271 g/mol. The summed E-state index contributed by atoms with van der Waals surface area (Å²) in [5, 5.41) is 5.96. The first-order valence-electron chi connectivity index (χ1n) is 6.20. The largest absolute Gasteiger partial charge is 0.350 e. The molecular weight excluding hydrogens is 248 g/mol. The first-order chi connectivity index (χ1) is 8.17. The molecule has 0 spiro atoms. The molecule has 0 heterocycles. The van der Waals surface area contributed by atoms with Gasteiger partial charge in [0, 0.05) is 13.0 Å². The lowest BCUT2D eigenvalue weighted by Gasteiger charge is -2.14. The number of hydrogen-bond acceptors (Lipinski definition) is 2. The van der Waals surface area contributed by atoms with E-state index in [1.165, 1.54) is 5.56 Å². The number of nitrogens with one attached hydrogen (secondary N) is 2. The van der Waals surface area contributed by atoms with E-state index < -0.39 is 0 Å². The highest BCUT2D eigenvalue weighted by molar-refractivity contribution is 5.85. The second-order valence-corrected chi connectivity index (χ2v) is 4.24. The summed E-state index contributed by atoms with van der Waals surface area (Å²) in [5.74, 6) is 0.0893. The zero-order valence-electron chi connectivity index (χ0n) is 11.3. The normalized spacial score (nSPS) is 11.5. The van der Waals surface area contributed by atoms with Crippen molar-refractivity contribution in [3.63, 3.8) is 0 Å². The van der Waals surface area contributed by atoms with Crippen molar-refractivity contribution < 1.29 is 4.79 Å². The molecular formula is C14H23ClN2O. The van der Waals surface area contributed by atoms with Crippen molar-refractivity contribution in [3.05, 3.63) is 35.4 Å². The van der Waals surface area contributed by atoms with Crippen LogP contribution in [-0.2, 0) is 11.2 Å². The molecule has 3 nitrogen and oxygen atoms in total. The SMILES string of the molecule is CCc1ccc(C(C)NC(=O)CCNC)cc1.Cl. The van der Waals surface area contributed by atoms with Crippen molar-refractivity contribution in [2.45, 2.75) is 32.7 Å². The Balaban J connectivity index is 0.00000289. The fourth-order valence-electron chi connectivity index (χ4n) is 1.68. The van der Waals surface area contributed by atoms with E-state index in [9.17, 15) is 4.79 Å². The summed E-state index contributed by atoms with van der Waals surface area (Å²) in [6.07, 6.45) is 1.57. The molecule has 1 amide bonds. The summed E-state index contributed by atoms with van der Waals surface area (Å²) in [5.41, 5.74) is 2.47. The molecule has 4 heteroatoms. The number of aryl methyl sites for hydroxylation is 1. The third-order valence-corrected chi connectivity index (χ3v) is 2.87. The second-order valence-electron chi connectivity index (χ2n) is 4.24. The van der Waals surface area contributed by atoms with Crippen molar-refractivity contribution in [2.24, 2.45) is 0 Å². The van der Waals surface area contributed by atoms with Crippen LogP contribution >= 0.6 is 12.4 Å². The Morgan fingerprint density at radius 2 is 1.89 bits per heavy atom. The average Bonchev–Trinajstić information content (AvgIpc) is 2.36. The third kappa shape index (κ3) is 5.52. The molecule has 0 aromatic heterocycles. The van der Waals surface area contributed by atoms with Gasteiger partial charge in [0.25, 0.3) is 0 Å². The van der Waals surface area contributed by atoms with Crippen LogP contribution < -0.4 is 10.6 Å². The molecule has 0 saturated carbocycles. The summed E-state index contributed by atoms with van der Waals surface area (Å²) < 4.78 is 0. The summed E-state index contributed by atoms with van der Waals surface area (Å²) in [7, 11) is 1.85. The zero-order chi connectivity index (χ0) is 12.7. The quantitative estimate of drug-likeness (QED) is 0.834. The lowest BCUT2D eigenvalue weighted by Crippen LogP contribution is -2.29. The molecule has 18 heavy (non-hydrogen) atoms.